The second-order valence-electron chi connectivity index (χ2n) is 5.46. The molecule has 0 atom stereocenters. The lowest BCUT2D eigenvalue weighted by atomic mass is 9.76. The average Bonchev–Trinajstić information content (AvgIpc) is 2.38. The molecule has 0 unspecified atom stereocenters. The monoisotopic (exact) mass is 254 g/mol. The third-order valence-corrected chi connectivity index (χ3v) is 4.16. The van der Waals surface area contributed by atoms with E-state index in [1.165, 1.54) is 0 Å². The van der Waals surface area contributed by atoms with Crippen LogP contribution >= 0.6 is 0 Å². The van der Waals surface area contributed by atoms with Crippen LogP contribution in [0.2, 0.25) is 0 Å². The average molecular weight is 254 g/mol. The number of halogens is 2. The summed E-state index contributed by atoms with van der Waals surface area (Å²) in [7, 11) is 1.67. The van der Waals surface area contributed by atoms with Gasteiger partial charge in [0.05, 0.1) is 5.60 Å². The Hall–Kier alpha value is -0.960. The lowest BCUT2D eigenvalue weighted by Gasteiger charge is -2.38. The zero-order chi connectivity index (χ0) is 13.2. The van der Waals surface area contributed by atoms with E-state index in [9.17, 15) is 8.78 Å². The molecule has 18 heavy (non-hydrogen) atoms. The maximum atomic E-state index is 13.7. The van der Waals surface area contributed by atoms with Gasteiger partial charge in [0.2, 0.25) is 0 Å². The zero-order valence-electron chi connectivity index (χ0n) is 11.0. The summed E-state index contributed by atoms with van der Waals surface area (Å²) in [5, 5.41) is 0. The van der Waals surface area contributed by atoms with Crippen molar-refractivity contribution in [3.8, 4) is 0 Å². The molecule has 0 saturated heterocycles. The summed E-state index contributed by atoms with van der Waals surface area (Å²) in [6.07, 6.45) is 4.47. The summed E-state index contributed by atoms with van der Waals surface area (Å²) >= 11 is 0. The molecule has 0 radical (unpaired) electrons. The molecular weight excluding hydrogens is 234 g/mol. The van der Waals surface area contributed by atoms with Crippen LogP contribution < -0.4 is 0 Å². The Morgan fingerprint density at radius 3 is 2.56 bits per heavy atom. The van der Waals surface area contributed by atoms with Crippen molar-refractivity contribution in [3.05, 3.63) is 35.4 Å². The number of methoxy groups -OCH3 is 1. The highest BCUT2D eigenvalue weighted by Crippen LogP contribution is 2.37. The Kier molecular flexibility index (Phi) is 4.00. The molecule has 2 rings (SSSR count). The lowest BCUT2D eigenvalue weighted by Crippen LogP contribution is -2.38. The first kappa shape index (κ1) is 13.5. The van der Waals surface area contributed by atoms with Gasteiger partial charge in [-0.15, -0.1) is 0 Å². The van der Waals surface area contributed by atoms with E-state index in [-0.39, 0.29) is 5.60 Å². The van der Waals surface area contributed by atoms with Crippen molar-refractivity contribution >= 4 is 0 Å². The predicted octanol–water partition coefficient (Wildman–Crippen LogP) is 4.10. The van der Waals surface area contributed by atoms with Crippen LogP contribution in [0.3, 0.4) is 0 Å². The number of hydrogen-bond donors (Lipinski definition) is 0. The molecule has 0 bridgehead atoms. The third-order valence-electron chi connectivity index (χ3n) is 4.16. The smallest absolute Gasteiger partial charge is 0.162 e. The summed E-state index contributed by atoms with van der Waals surface area (Å²) in [6, 6.07) is 4.36. The minimum atomic E-state index is -0.775. The van der Waals surface area contributed by atoms with Crippen molar-refractivity contribution < 1.29 is 13.5 Å². The number of hydrogen-bond acceptors (Lipinski definition) is 1. The first-order chi connectivity index (χ1) is 8.56. The predicted molar refractivity (Wildman–Crippen MR) is 67.4 cm³/mol. The van der Waals surface area contributed by atoms with Crippen molar-refractivity contribution in [2.75, 3.05) is 7.11 Å². The molecule has 0 heterocycles. The molecule has 0 spiro atoms. The van der Waals surface area contributed by atoms with Gasteiger partial charge in [-0.1, -0.05) is 19.1 Å². The normalized spacial score (nSPS) is 28.3. The maximum absolute atomic E-state index is 13.7. The summed E-state index contributed by atoms with van der Waals surface area (Å²) in [5.74, 6) is -0.805. The van der Waals surface area contributed by atoms with Gasteiger partial charge in [-0.3, -0.25) is 0 Å². The van der Waals surface area contributed by atoms with Gasteiger partial charge in [0.25, 0.3) is 0 Å². The van der Waals surface area contributed by atoms with E-state index in [2.05, 4.69) is 6.92 Å². The Bertz CT molecular complexity index is 409. The van der Waals surface area contributed by atoms with Crippen molar-refractivity contribution in [1.82, 2.24) is 0 Å². The van der Waals surface area contributed by atoms with Crippen molar-refractivity contribution in [3.63, 3.8) is 0 Å². The van der Waals surface area contributed by atoms with Crippen LogP contribution in [0.4, 0.5) is 8.78 Å². The second kappa shape index (κ2) is 5.35. The molecular formula is C15H20F2O. The zero-order valence-corrected chi connectivity index (χ0v) is 11.0. The molecule has 0 N–H and O–H groups in total. The van der Waals surface area contributed by atoms with E-state index in [1.807, 2.05) is 0 Å². The van der Waals surface area contributed by atoms with E-state index in [4.69, 9.17) is 4.74 Å². The van der Waals surface area contributed by atoms with E-state index in [0.717, 1.165) is 31.7 Å². The molecule has 1 aromatic rings. The Balaban J connectivity index is 2.17. The number of benzene rings is 1. The van der Waals surface area contributed by atoms with Crippen LogP contribution in [-0.2, 0) is 11.2 Å². The number of ether oxygens (including phenoxy) is 1. The van der Waals surface area contributed by atoms with Crippen LogP contribution in [0.15, 0.2) is 18.2 Å². The summed E-state index contributed by atoms with van der Waals surface area (Å²) in [5.41, 5.74) is 0.104. The van der Waals surface area contributed by atoms with Crippen molar-refractivity contribution in [1.29, 1.82) is 0 Å². The number of rotatable bonds is 3. The van der Waals surface area contributed by atoms with Gasteiger partial charge in [0.15, 0.2) is 11.6 Å². The fourth-order valence-corrected chi connectivity index (χ4v) is 2.77. The quantitative estimate of drug-likeness (QED) is 0.789. The van der Waals surface area contributed by atoms with Crippen LogP contribution in [0, 0.1) is 17.6 Å². The molecule has 3 heteroatoms. The van der Waals surface area contributed by atoms with Crippen LogP contribution in [0.25, 0.3) is 0 Å². The van der Waals surface area contributed by atoms with Crippen molar-refractivity contribution in [2.45, 2.75) is 44.6 Å². The SMILES string of the molecule is COC1(Cc2cccc(F)c2F)CCC(C)CC1. The largest absolute Gasteiger partial charge is 0.378 e. The van der Waals surface area contributed by atoms with Crippen LogP contribution in [0.1, 0.15) is 38.2 Å². The Morgan fingerprint density at radius 1 is 1.28 bits per heavy atom. The minimum absolute atomic E-state index is 0.318. The van der Waals surface area contributed by atoms with Gasteiger partial charge in [-0.25, -0.2) is 8.78 Å². The highest BCUT2D eigenvalue weighted by molar-refractivity contribution is 5.21. The Morgan fingerprint density at radius 2 is 1.94 bits per heavy atom. The molecule has 0 amide bonds. The fourth-order valence-electron chi connectivity index (χ4n) is 2.77. The van der Waals surface area contributed by atoms with Gasteiger partial charge in [-0.2, -0.15) is 0 Å². The first-order valence-electron chi connectivity index (χ1n) is 6.54. The summed E-state index contributed by atoms with van der Waals surface area (Å²) in [6.45, 7) is 2.22. The highest BCUT2D eigenvalue weighted by Gasteiger charge is 2.35. The van der Waals surface area contributed by atoms with Gasteiger partial charge in [0, 0.05) is 13.5 Å². The van der Waals surface area contributed by atoms with E-state index in [0.29, 0.717) is 17.9 Å². The molecule has 1 aliphatic rings. The second-order valence-corrected chi connectivity index (χ2v) is 5.46. The molecule has 1 aliphatic carbocycles. The van der Waals surface area contributed by atoms with Gasteiger partial charge < -0.3 is 4.74 Å². The maximum Gasteiger partial charge on any atom is 0.162 e. The lowest BCUT2D eigenvalue weighted by molar-refractivity contribution is -0.0475. The van der Waals surface area contributed by atoms with E-state index < -0.39 is 11.6 Å². The van der Waals surface area contributed by atoms with Crippen molar-refractivity contribution in [2.24, 2.45) is 5.92 Å². The molecule has 0 aromatic heterocycles. The molecule has 1 fully saturated rings. The summed E-state index contributed by atoms with van der Waals surface area (Å²) < 4.78 is 32.6. The van der Waals surface area contributed by atoms with Crippen LogP contribution in [0.5, 0.6) is 0 Å². The molecule has 0 aliphatic heterocycles. The topological polar surface area (TPSA) is 9.23 Å². The fraction of sp³-hybridized carbons (Fsp3) is 0.600. The van der Waals surface area contributed by atoms with Gasteiger partial charge in [-0.05, 0) is 43.2 Å². The third kappa shape index (κ3) is 2.72. The molecule has 1 nitrogen and oxygen atoms in total. The van der Waals surface area contributed by atoms with Gasteiger partial charge >= 0.3 is 0 Å². The highest BCUT2D eigenvalue weighted by atomic mass is 19.2. The van der Waals surface area contributed by atoms with Crippen LogP contribution in [-0.4, -0.2) is 12.7 Å². The first-order valence-corrected chi connectivity index (χ1v) is 6.54. The van der Waals surface area contributed by atoms with Gasteiger partial charge in [0.1, 0.15) is 0 Å². The standard InChI is InChI=1S/C15H20F2O/c1-11-6-8-15(18-2,9-7-11)10-12-4-3-5-13(16)14(12)17/h3-5,11H,6-10H2,1-2H3. The van der Waals surface area contributed by atoms with E-state index >= 15 is 0 Å². The minimum Gasteiger partial charge on any atom is -0.378 e. The molecule has 1 saturated carbocycles. The Labute approximate surface area is 107 Å². The van der Waals surface area contributed by atoms with E-state index in [1.54, 1.807) is 19.2 Å². The summed E-state index contributed by atoms with van der Waals surface area (Å²) in [4.78, 5) is 0. The molecule has 100 valence electrons. The molecule has 1 aromatic carbocycles.